The lowest BCUT2D eigenvalue weighted by Crippen LogP contribution is -2.47. The molecule has 0 amide bonds. The molecular formula is C22H26N4. The van der Waals surface area contributed by atoms with E-state index in [1.165, 1.54) is 22.4 Å². The first-order valence-electron chi connectivity index (χ1n) is 9.36. The second-order valence-electron chi connectivity index (χ2n) is 7.12. The minimum Gasteiger partial charge on any atom is -0.297 e. The van der Waals surface area contributed by atoms with Crippen LogP contribution in [0.1, 0.15) is 28.4 Å². The van der Waals surface area contributed by atoms with Crippen LogP contribution in [0.3, 0.4) is 0 Å². The van der Waals surface area contributed by atoms with Gasteiger partial charge in [-0.2, -0.15) is 5.10 Å². The molecule has 1 aliphatic heterocycles. The fourth-order valence-electron chi connectivity index (χ4n) is 3.78. The normalized spacial score (nSPS) is 17.3. The molecule has 0 saturated carbocycles. The largest absolute Gasteiger partial charge is 0.297 e. The van der Waals surface area contributed by atoms with Crippen LogP contribution >= 0.6 is 0 Å². The smallest absolute Gasteiger partial charge is 0.0771 e. The predicted molar refractivity (Wildman–Crippen MR) is 105 cm³/mol. The Kier molecular flexibility index (Phi) is 5.14. The molecule has 3 aromatic rings. The fourth-order valence-corrected chi connectivity index (χ4v) is 3.78. The second kappa shape index (κ2) is 7.85. The Hall–Kier alpha value is -2.43. The van der Waals surface area contributed by atoms with E-state index in [1.807, 2.05) is 6.20 Å². The van der Waals surface area contributed by atoms with Gasteiger partial charge < -0.3 is 0 Å². The molecule has 1 atom stereocenters. The zero-order chi connectivity index (χ0) is 17.8. The summed E-state index contributed by atoms with van der Waals surface area (Å²) in [4.78, 5) is 5.12. The maximum Gasteiger partial charge on any atom is 0.0771 e. The average Bonchev–Trinajstić information content (AvgIpc) is 3.20. The highest BCUT2D eigenvalue weighted by molar-refractivity contribution is 5.30. The first-order chi connectivity index (χ1) is 12.8. The molecule has 4 nitrogen and oxygen atoms in total. The molecule has 2 aromatic carbocycles. The van der Waals surface area contributed by atoms with Crippen molar-refractivity contribution in [1.82, 2.24) is 20.0 Å². The van der Waals surface area contributed by atoms with Gasteiger partial charge in [0, 0.05) is 38.9 Å². The van der Waals surface area contributed by atoms with Gasteiger partial charge in [-0.3, -0.25) is 14.9 Å². The maximum atomic E-state index is 4.19. The average molecular weight is 346 g/mol. The summed E-state index contributed by atoms with van der Waals surface area (Å²) in [5, 5.41) is 7.38. The number of nitrogens with zero attached hydrogens (tertiary/aromatic N) is 3. The Balaban J connectivity index is 1.47. The van der Waals surface area contributed by atoms with Crippen LogP contribution in [-0.2, 0) is 6.54 Å². The number of aryl methyl sites for hydroxylation is 1. The third kappa shape index (κ3) is 3.87. The van der Waals surface area contributed by atoms with Crippen molar-refractivity contribution in [2.45, 2.75) is 19.5 Å². The van der Waals surface area contributed by atoms with Crippen LogP contribution in [0.5, 0.6) is 0 Å². The molecule has 1 aliphatic rings. The van der Waals surface area contributed by atoms with Crippen LogP contribution < -0.4 is 0 Å². The number of H-pyrrole nitrogens is 1. The molecule has 0 radical (unpaired) electrons. The summed E-state index contributed by atoms with van der Waals surface area (Å²) in [5.41, 5.74) is 5.19. The van der Waals surface area contributed by atoms with Crippen LogP contribution in [0.4, 0.5) is 0 Å². The van der Waals surface area contributed by atoms with E-state index in [2.05, 4.69) is 87.6 Å². The summed E-state index contributed by atoms with van der Waals surface area (Å²) in [6.45, 7) is 7.47. The number of nitrogens with one attached hydrogen (secondary N) is 1. The first-order valence-corrected chi connectivity index (χ1v) is 9.36. The zero-order valence-corrected chi connectivity index (χ0v) is 15.3. The van der Waals surface area contributed by atoms with E-state index >= 15 is 0 Å². The number of hydrogen-bond donors (Lipinski definition) is 1. The van der Waals surface area contributed by atoms with Crippen LogP contribution in [0.2, 0.25) is 0 Å². The minimum absolute atomic E-state index is 0.247. The number of benzene rings is 2. The molecule has 1 unspecified atom stereocenters. The lowest BCUT2D eigenvalue weighted by atomic mass is 10.00. The number of piperazine rings is 1. The summed E-state index contributed by atoms with van der Waals surface area (Å²) in [7, 11) is 0. The van der Waals surface area contributed by atoms with Gasteiger partial charge in [0.2, 0.25) is 0 Å². The van der Waals surface area contributed by atoms with Crippen molar-refractivity contribution < 1.29 is 0 Å². The Morgan fingerprint density at radius 3 is 2.31 bits per heavy atom. The van der Waals surface area contributed by atoms with E-state index in [9.17, 15) is 0 Å². The van der Waals surface area contributed by atoms with Gasteiger partial charge >= 0.3 is 0 Å². The first kappa shape index (κ1) is 17.0. The number of rotatable bonds is 5. The van der Waals surface area contributed by atoms with Crippen molar-refractivity contribution >= 4 is 0 Å². The molecule has 0 aliphatic carbocycles. The van der Waals surface area contributed by atoms with Crippen LogP contribution in [0.15, 0.2) is 66.9 Å². The van der Waals surface area contributed by atoms with E-state index in [0.29, 0.717) is 0 Å². The van der Waals surface area contributed by atoms with Crippen LogP contribution in [-0.4, -0.2) is 46.2 Å². The van der Waals surface area contributed by atoms with E-state index < -0.39 is 0 Å². The third-order valence-electron chi connectivity index (χ3n) is 5.23. The Morgan fingerprint density at radius 1 is 0.923 bits per heavy atom. The quantitative estimate of drug-likeness (QED) is 0.766. The topological polar surface area (TPSA) is 35.2 Å². The van der Waals surface area contributed by atoms with Crippen molar-refractivity contribution in [3.63, 3.8) is 0 Å². The third-order valence-corrected chi connectivity index (χ3v) is 5.23. The lowest BCUT2D eigenvalue weighted by Gasteiger charge is -2.39. The SMILES string of the molecule is Cc1ccc(C(c2ccn[nH]2)N2CCN(Cc3ccccc3)CC2)cc1. The van der Waals surface area contributed by atoms with Gasteiger partial charge in [-0.1, -0.05) is 60.2 Å². The zero-order valence-electron chi connectivity index (χ0n) is 15.3. The van der Waals surface area contributed by atoms with Crippen molar-refractivity contribution in [2.24, 2.45) is 0 Å². The number of hydrogen-bond acceptors (Lipinski definition) is 3. The van der Waals surface area contributed by atoms with E-state index in [1.54, 1.807) is 0 Å². The summed E-state index contributed by atoms with van der Waals surface area (Å²) in [6, 6.07) is 22.0. The second-order valence-corrected chi connectivity index (χ2v) is 7.12. The molecule has 4 rings (SSSR count). The predicted octanol–water partition coefficient (Wildman–Crippen LogP) is 3.63. The van der Waals surface area contributed by atoms with Gasteiger partial charge in [0.15, 0.2) is 0 Å². The van der Waals surface area contributed by atoms with Gasteiger partial charge in [-0.05, 0) is 24.1 Å². The van der Waals surface area contributed by atoms with E-state index in [-0.39, 0.29) is 6.04 Å². The number of aromatic nitrogens is 2. The molecule has 1 aromatic heterocycles. The monoisotopic (exact) mass is 346 g/mol. The standard InChI is InChI=1S/C22H26N4/c1-18-7-9-20(10-8-18)22(21-11-12-23-24-21)26-15-13-25(14-16-26)17-19-5-3-2-4-6-19/h2-12,22H,13-17H2,1H3,(H,23,24). The number of aromatic amines is 1. The molecule has 1 N–H and O–H groups in total. The van der Waals surface area contributed by atoms with Crippen LogP contribution in [0.25, 0.3) is 0 Å². The van der Waals surface area contributed by atoms with Crippen LogP contribution in [0, 0.1) is 6.92 Å². The molecule has 1 fully saturated rings. The molecule has 0 spiro atoms. The summed E-state index contributed by atoms with van der Waals surface area (Å²) >= 11 is 0. The van der Waals surface area contributed by atoms with Gasteiger partial charge in [-0.25, -0.2) is 0 Å². The highest BCUT2D eigenvalue weighted by atomic mass is 15.3. The Bertz CT molecular complexity index is 788. The molecule has 0 bridgehead atoms. The molecule has 134 valence electrons. The highest BCUT2D eigenvalue weighted by Crippen LogP contribution is 2.28. The Labute approximate surface area is 155 Å². The summed E-state index contributed by atoms with van der Waals surface area (Å²) < 4.78 is 0. The molecule has 4 heteroatoms. The van der Waals surface area contributed by atoms with Crippen molar-refractivity contribution in [3.8, 4) is 0 Å². The lowest BCUT2D eigenvalue weighted by molar-refractivity contribution is 0.103. The van der Waals surface area contributed by atoms with Crippen molar-refractivity contribution in [1.29, 1.82) is 0 Å². The molecule has 1 saturated heterocycles. The summed E-state index contributed by atoms with van der Waals surface area (Å²) in [5.74, 6) is 0. The van der Waals surface area contributed by atoms with Gasteiger partial charge in [0.1, 0.15) is 0 Å². The highest BCUT2D eigenvalue weighted by Gasteiger charge is 2.27. The van der Waals surface area contributed by atoms with Gasteiger partial charge in [0.05, 0.1) is 11.7 Å². The minimum atomic E-state index is 0.247. The Morgan fingerprint density at radius 2 is 1.65 bits per heavy atom. The maximum absolute atomic E-state index is 4.19. The molecular weight excluding hydrogens is 320 g/mol. The van der Waals surface area contributed by atoms with Crippen molar-refractivity contribution in [2.75, 3.05) is 26.2 Å². The van der Waals surface area contributed by atoms with Gasteiger partial charge in [-0.15, -0.1) is 0 Å². The van der Waals surface area contributed by atoms with Crippen molar-refractivity contribution in [3.05, 3.63) is 89.2 Å². The van der Waals surface area contributed by atoms with E-state index in [4.69, 9.17) is 0 Å². The molecule has 2 heterocycles. The fraction of sp³-hybridized carbons (Fsp3) is 0.318. The van der Waals surface area contributed by atoms with Gasteiger partial charge in [0.25, 0.3) is 0 Å². The summed E-state index contributed by atoms with van der Waals surface area (Å²) in [6.07, 6.45) is 1.85. The molecule has 26 heavy (non-hydrogen) atoms. The van der Waals surface area contributed by atoms with E-state index in [0.717, 1.165) is 32.7 Å².